The molecule has 0 saturated heterocycles. The molecule has 26 heavy (non-hydrogen) atoms. The highest BCUT2D eigenvalue weighted by molar-refractivity contribution is 7.92. The van der Waals surface area contributed by atoms with Crippen LogP contribution in [0.4, 0.5) is 5.69 Å². The molecule has 7 nitrogen and oxygen atoms in total. The van der Waals surface area contributed by atoms with E-state index in [1.54, 1.807) is 12.1 Å². The highest BCUT2D eigenvalue weighted by atomic mass is 32.2. The summed E-state index contributed by atoms with van der Waals surface area (Å²) in [6.07, 6.45) is 1.50. The van der Waals surface area contributed by atoms with Gasteiger partial charge in [0, 0.05) is 6.54 Å². The summed E-state index contributed by atoms with van der Waals surface area (Å²) in [6.45, 7) is 5.27. The van der Waals surface area contributed by atoms with E-state index >= 15 is 0 Å². The Balaban J connectivity index is 2.42. The summed E-state index contributed by atoms with van der Waals surface area (Å²) >= 11 is 0. The fourth-order valence-electron chi connectivity index (χ4n) is 2.25. The number of hydrogen-bond acceptors (Lipinski definition) is 5. The van der Waals surface area contributed by atoms with Gasteiger partial charge in [-0.15, -0.1) is 6.58 Å². The summed E-state index contributed by atoms with van der Waals surface area (Å²) in [5.41, 5.74) is 0.308. The third kappa shape index (κ3) is 4.28. The van der Waals surface area contributed by atoms with Crippen LogP contribution in [0.3, 0.4) is 0 Å². The van der Waals surface area contributed by atoms with Crippen molar-refractivity contribution in [1.82, 2.24) is 5.32 Å². The van der Waals surface area contributed by atoms with Crippen molar-refractivity contribution >= 4 is 27.6 Å². The lowest BCUT2D eigenvalue weighted by Crippen LogP contribution is -2.26. The lowest BCUT2D eigenvalue weighted by Gasteiger charge is -2.15. The van der Waals surface area contributed by atoms with E-state index in [-0.39, 0.29) is 28.3 Å². The Hall–Kier alpha value is -3.13. The van der Waals surface area contributed by atoms with Crippen molar-refractivity contribution < 1.29 is 23.1 Å². The van der Waals surface area contributed by atoms with Gasteiger partial charge < -0.3 is 15.2 Å². The van der Waals surface area contributed by atoms with Crippen LogP contribution in [0, 0.1) is 6.92 Å². The molecule has 8 heteroatoms. The maximum absolute atomic E-state index is 12.7. The van der Waals surface area contributed by atoms with Gasteiger partial charge in [-0.1, -0.05) is 30.3 Å². The largest absolute Gasteiger partial charge is 0.545 e. The molecule has 2 N–H and O–H groups in total. The predicted molar refractivity (Wildman–Crippen MR) is 95.3 cm³/mol. The second kappa shape index (κ2) is 7.83. The van der Waals surface area contributed by atoms with Gasteiger partial charge in [-0.3, -0.25) is 9.52 Å². The van der Waals surface area contributed by atoms with Crippen LogP contribution in [-0.2, 0) is 10.0 Å². The van der Waals surface area contributed by atoms with Crippen molar-refractivity contribution in [2.45, 2.75) is 11.8 Å². The highest BCUT2D eigenvalue weighted by Crippen LogP contribution is 2.23. The molecule has 0 aliphatic carbocycles. The van der Waals surface area contributed by atoms with Crippen molar-refractivity contribution in [3.63, 3.8) is 0 Å². The zero-order valence-electron chi connectivity index (χ0n) is 14.0. The van der Waals surface area contributed by atoms with Gasteiger partial charge in [0.25, 0.3) is 15.9 Å². The summed E-state index contributed by atoms with van der Waals surface area (Å²) in [6, 6.07) is 9.75. The molecule has 0 aromatic heterocycles. The topological polar surface area (TPSA) is 115 Å². The normalized spacial score (nSPS) is 10.8. The van der Waals surface area contributed by atoms with Gasteiger partial charge in [0.1, 0.15) is 0 Å². The number of hydrogen-bond donors (Lipinski definition) is 2. The number of nitrogens with one attached hydrogen (secondary N) is 2. The van der Waals surface area contributed by atoms with E-state index < -0.39 is 21.9 Å². The average molecular weight is 373 g/mol. The molecule has 0 aliphatic rings. The van der Waals surface area contributed by atoms with E-state index in [1.165, 1.54) is 37.3 Å². The Bertz CT molecular complexity index is 967. The molecule has 0 aliphatic heterocycles. The van der Waals surface area contributed by atoms with Crippen molar-refractivity contribution in [3.05, 3.63) is 71.8 Å². The first-order valence-electron chi connectivity index (χ1n) is 7.59. The van der Waals surface area contributed by atoms with Gasteiger partial charge in [0.05, 0.1) is 22.1 Å². The van der Waals surface area contributed by atoms with Crippen LogP contribution < -0.4 is 15.1 Å². The van der Waals surface area contributed by atoms with Crippen LogP contribution in [0.25, 0.3) is 0 Å². The number of rotatable bonds is 7. The Labute approximate surface area is 151 Å². The van der Waals surface area contributed by atoms with Crippen molar-refractivity contribution in [2.24, 2.45) is 0 Å². The van der Waals surface area contributed by atoms with E-state index in [0.29, 0.717) is 5.56 Å². The molecule has 0 heterocycles. The minimum atomic E-state index is -4.12. The van der Waals surface area contributed by atoms with E-state index in [2.05, 4.69) is 16.6 Å². The molecular weight excluding hydrogens is 356 g/mol. The SMILES string of the molecule is C=CCNC(=O)c1ccccc1NS(=O)(=O)c1cc(C(=O)[O-])ccc1C. The second-order valence-corrected chi connectivity index (χ2v) is 7.07. The molecule has 0 bridgehead atoms. The Morgan fingerprint density at radius 2 is 1.88 bits per heavy atom. The van der Waals surface area contributed by atoms with E-state index in [4.69, 9.17) is 0 Å². The van der Waals surface area contributed by atoms with E-state index in [1.807, 2.05) is 0 Å². The number of carbonyl (C=O) groups excluding carboxylic acids is 2. The lowest BCUT2D eigenvalue weighted by atomic mass is 10.1. The van der Waals surface area contributed by atoms with Gasteiger partial charge >= 0.3 is 0 Å². The molecule has 0 fully saturated rings. The number of aryl methyl sites for hydroxylation is 1. The van der Waals surface area contributed by atoms with Crippen LogP contribution in [0.1, 0.15) is 26.3 Å². The maximum atomic E-state index is 12.7. The van der Waals surface area contributed by atoms with Crippen molar-refractivity contribution in [2.75, 3.05) is 11.3 Å². The summed E-state index contributed by atoms with van der Waals surface area (Å²) in [5.74, 6) is -1.95. The molecule has 0 spiro atoms. The molecule has 0 radical (unpaired) electrons. The van der Waals surface area contributed by atoms with Gasteiger partial charge in [0.2, 0.25) is 0 Å². The number of sulfonamides is 1. The fourth-order valence-corrected chi connectivity index (χ4v) is 3.60. The number of aromatic carboxylic acids is 1. The monoisotopic (exact) mass is 373 g/mol. The number of carboxylic acid groups (broad SMARTS) is 1. The van der Waals surface area contributed by atoms with E-state index in [0.717, 1.165) is 6.07 Å². The highest BCUT2D eigenvalue weighted by Gasteiger charge is 2.20. The lowest BCUT2D eigenvalue weighted by molar-refractivity contribution is -0.255. The number of amides is 1. The number of carboxylic acids is 1. The standard InChI is InChI=1S/C18H18N2O5S/c1-3-10-19-17(21)14-6-4-5-7-15(14)20-26(24,25)16-11-13(18(22)23)9-8-12(16)2/h3-9,11,20H,1,10H2,2H3,(H,19,21)(H,22,23)/p-1. The summed E-state index contributed by atoms with van der Waals surface area (Å²) < 4.78 is 27.8. The minimum Gasteiger partial charge on any atom is -0.545 e. The Morgan fingerprint density at radius 3 is 2.54 bits per heavy atom. The number of anilines is 1. The first-order valence-corrected chi connectivity index (χ1v) is 9.07. The van der Waals surface area contributed by atoms with Crippen LogP contribution in [-0.4, -0.2) is 26.8 Å². The second-order valence-electron chi connectivity index (χ2n) is 5.42. The van der Waals surface area contributed by atoms with Crippen LogP contribution in [0.5, 0.6) is 0 Å². The van der Waals surface area contributed by atoms with Crippen molar-refractivity contribution in [1.29, 1.82) is 0 Å². The molecule has 136 valence electrons. The number of benzene rings is 2. The Morgan fingerprint density at radius 1 is 1.19 bits per heavy atom. The summed E-state index contributed by atoms with van der Waals surface area (Å²) in [4.78, 5) is 23.0. The van der Waals surface area contributed by atoms with Crippen LogP contribution in [0.15, 0.2) is 60.0 Å². The smallest absolute Gasteiger partial charge is 0.262 e. The first-order chi connectivity index (χ1) is 12.3. The maximum Gasteiger partial charge on any atom is 0.262 e. The molecule has 0 saturated carbocycles. The predicted octanol–water partition coefficient (Wildman–Crippen LogP) is 1.08. The van der Waals surface area contributed by atoms with Crippen molar-refractivity contribution in [3.8, 4) is 0 Å². The van der Waals surface area contributed by atoms with Gasteiger partial charge in [-0.2, -0.15) is 0 Å². The van der Waals surface area contributed by atoms with Gasteiger partial charge in [-0.25, -0.2) is 8.42 Å². The third-order valence-corrected chi connectivity index (χ3v) is 5.04. The van der Waals surface area contributed by atoms with Crippen LogP contribution >= 0.6 is 0 Å². The van der Waals surface area contributed by atoms with E-state index in [9.17, 15) is 23.1 Å². The molecule has 0 atom stereocenters. The molecule has 2 aromatic carbocycles. The number of para-hydroxylation sites is 1. The zero-order valence-corrected chi connectivity index (χ0v) is 14.8. The molecule has 2 aromatic rings. The van der Waals surface area contributed by atoms with Crippen LogP contribution in [0.2, 0.25) is 0 Å². The molecule has 1 amide bonds. The average Bonchev–Trinajstić information content (AvgIpc) is 2.59. The van der Waals surface area contributed by atoms with Gasteiger partial charge in [0.15, 0.2) is 0 Å². The number of carbonyl (C=O) groups is 2. The minimum absolute atomic E-state index is 0.0762. The molecular formula is C18H17N2O5S-. The summed E-state index contributed by atoms with van der Waals surface area (Å²) in [7, 11) is -4.12. The third-order valence-electron chi connectivity index (χ3n) is 3.54. The fraction of sp³-hybridized carbons (Fsp3) is 0.111. The van der Waals surface area contributed by atoms with Gasteiger partial charge in [-0.05, 0) is 36.2 Å². The summed E-state index contributed by atoms with van der Waals surface area (Å²) in [5, 5.41) is 13.6. The first kappa shape index (κ1) is 19.2. The Kier molecular flexibility index (Phi) is 5.78. The quantitative estimate of drug-likeness (QED) is 0.705. The molecule has 0 unspecified atom stereocenters. The molecule has 2 rings (SSSR count). The zero-order chi connectivity index (χ0) is 19.3.